The summed E-state index contributed by atoms with van der Waals surface area (Å²) in [5.41, 5.74) is 5.35. The van der Waals surface area contributed by atoms with Crippen LogP contribution in [0.2, 0.25) is 0 Å². The van der Waals surface area contributed by atoms with Gasteiger partial charge in [0.05, 0.1) is 30.9 Å². The molecule has 0 saturated carbocycles. The maximum atomic E-state index is 13.7. The van der Waals surface area contributed by atoms with E-state index in [0.717, 1.165) is 15.6 Å². The summed E-state index contributed by atoms with van der Waals surface area (Å²) in [7, 11) is 1.34. The molecule has 0 radical (unpaired) electrons. The Morgan fingerprint density at radius 1 is 0.974 bits per heavy atom. The third-order valence-electron chi connectivity index (χ3n) is 6.64. The molecule has 5 rings (SSSR count). The van der Waals surface area contributed by atoms with Crippen LogP contribution in [0.15, 0.2) is 86.5 Å². The minimum atomic E-state index is -0.673. The zero-order valence-electron chi connectivity index (χ0n) is 21.1. The number of hydrogen-bond acceptors (Lipinski definition) is 6. The molecule has 0 amide bonds. The Bertz CT molecular complexity index is 1510. The van der Waals surface area contributed by atoms with Crippen LogP contribution in [0.1, 0.15) is 46.8 Å². The number of carbonyl (C=O) groups excluding carboxylic acids is 2. The van der Waals surface area contributed by atoms with Gasteiger partial charge in [-0.1, -0.05) is 68.3 Å². The van der Waals surface area contributed by atoms with E-state index in [0.29, 0.717) is 62.9 Å². The summed E-state index contributed by atoms with van der Waals surface area (Å²) in [4.78, 5) is 26.8. The van der Waals surface area contributed by atoms with Gasteiger partial charge in [-0.15, -0.1) is 0 Å². The number of hydrogen-bond donors (Lipinski definition) is 1. The molecule has 6 nitrogen and oxygen atoms in total. The summed E-state index contributed by atoms with van der Waals surface area (Å²) in [6.45, 7) is 4.48. The normalized spacial score (nSPS) is 16.1. The molecule has 38 heavy (non-hydrogen) atoms. The van der Waals surface area contributed by atoms with Gasteiger partial charge in [-0.2, -0.15) is 0 Å². The molecule has 0 aromatic heterocycles. The van der Waals surface area contributed by atoms with Gasteiger partial charge in [0.25, 0.3) is 0 Å². The van der Waals surface area contributed by atoms with Gasteiger partial charge in [0.2, 0.25) is 0 Å². The molecule has 0 bridgehead atoms. The predicted molar refractivity (Wildman–Crippen MR) is 152 cm³/mol. The molecule has 3 aromatic rings. The molecule has 1 aliphatic carbocycles. The summed E-state index contributed by atoms with van der Waals surface area (Å²) in [6, 6.07) is 19.0. The average molecular weight is 639 g/mol. The van der Waals surface area contributed by atoms with E-state index in [9.17, 15) is 9.59 Å². The minimum absolute atomic E-state index is 0.123. The Hall–Kier alpha value is -3.36. The van der Waals surface area contributed by atoms with Crippen LogP contribution >= 0.6 is 31.9 Å². The average Bonchev–Trinajstić information content (AvgIpc) is 3.20. The first-order valence-corrected chi connectivity index (χ1v) is 13.7. The summed E-state index contributed by atoms with van der Waals surface area (Å²) in [5, 5.41) is 3.31. The summed E-state index contributed by atoms with van der Waals surface area (Å²) in [5.74, 6) is -0.228. The topological polar surface area (TPSA) is 73.9 Å². The zero-order valence-corrected chi connectivity index (χ0v) is 24.2. The number of allylic oxidation sites excluding steroid dienone is 2. The number of ketones is 1. The Morgan fingerprint density at radius 2 is 1.66 bits per heavy atom. The van der Waals surface area contributed by atoms with Crippen molar-refractivity contribution in [3.63, 3.8) is 0 Å². The second-order valence-corrected chi connectivity index (χ2v) is 10.7. The fourth-order valence-electron chi connectivity index (χ4n) is 4.92. The van der Waals surface area contributed by atoms with Crippen LogP contribution in [0.3, 0.4) is 0 Å². The summed E-state index contributed by atoms with van der Waals surface area (Å²) < 4.78 is 19.0. The lowest BCUT2D eigenvalue weighted by atomic mass is 9.79. The molecule has 1 atom stereocenters. The molecule has 0 saturated heterocycles. The van der Waals surface area contributed by atoms with Gasteiger partial charge >= 0.3 is 5.97 Å². The van der Waals surface area contributed by atoms with Crippen LogP contribution in [-0.4, -0.2) is 25.5 Å². The van der Waals surface area contributed by atoms with Crippen LogP contribution in [0.25, 0.3) is 5.70 Å². The van der Waals surface area contributed by atoms with Crippen molar-refractivity contribution in [3.8, 4) is 11.5 Å². The number of carbonyl (C=O) groups is 2. The molecule has 1 N–H and O–H groups in total. The molecular formula is C30H25Br2NO5. The van der Waals surface area contributed by atoms with Gasteiger partial charge in [0.1, 0.15) is 6.61 Å². The number of ether oxygens (including phenoxy) is 3. The Labute approximate surface area is 237 Å². The number of halogens is 2. The molecule has 0 spiro atoms. The van der Waals surface area contributed by atoms with Crippen LogP contribution in [0.4, 0.5) is 0 Å². The third-order valence-corrected chi connectivity index (χ3v) is 7.85. The minimum Gasteiger partial charge on any atom is -0.490 e. The lowest BCUT2D eigenvalue weighted by Crippen LogP contribution is -2.29. The Balaban J connectivity index is 1.61. The lowest BCUT2D eigenvalue weighted by molar-refractivity contribution is -0.136. The molecule has 3 aromatic carbocycles. The maximum absolute atomic E-state index is 13.7. The fraction of sp³-hybridized carbons (Fsp3) is 0.200. The van der Waals surface area contributed by atoms with E-state index in [2.05, 4.69) is 37.2 Å². The quantitative estimate of drug-likeness (QED) is 0.283. The number of nitrogens with one attached hydrogen (secondary N) is 1. The van der Waals surface area contributed by atoms with Crippen molar-refractivity contribution < 1.29 is 23.8 Å². The van der Waals surface area contributed by atoms with Crippen molar-refractivity contribution in [2.24, 2.45) is 0 Å². The SMILES string of the molecule is CCOc1cc([C@@H]2C(C(=O)OC)=C(C)NC3=C2C(=O)c2ccccc23)c(Br)cc1OCc1ccc(Br)cc1. The maximum Gasteiger partial charge on any atom is 0.336 e. The van der Waals surface area contributed by atoms with E-state index < -0.39 is 11.9 Å². The van der Waals surface area contributed by atoms with Crippen molar-refractivity contribution >= 4 is 49.3 Å². The fourth-order valence-corrected chi connectivity index (χ4v) is 5.73. The number of benzene rings is 3. The molecule has 194 valence electrons. The standard InChI is InChI=1S/C30H25Br2NO5/c1-4-37-23-13-21(22(32)14-24(23)38-15-17-9-11-18(31)12-10-17)26-25(30(35)36-3)16(2)33-28-19-7-5-6-8-20(19)29(34)27(26)28/h5-14,26,33H,4,15H2,1-3H3/t26-/m1/s1. The third kappa shape index (κ3) is 4.67. The molecule has 0 fully saturated rings. The lowest BCUT2D eigenvalue weighted by Gasteiger charge is -2.30. The van der Waals surface area contributed by atoms with Gasteiger partial charge in [0.15, 0.2) is 17.3 Å². The van der Waals surface area contributed by atoms with Crippen molar-refractivity contribution in [2.75, 3.05) is 13.7 Å². The number of fused-ring (bicyclic) bond motifs is 2. The van der Waals surface area contributed by atoms with Crippen molar-refractivity contribution in [1.82, 2.24) is 5.32 Å². The summed E-state index contributed by atoms with van der Waals surface area (Å²) in [6.07, 6.45) is 0. The molecular weight excluding hydrogens is 614 g/mol. The van der Waals surface area contributed by atoms with Gasteiger partial charge in [0, 0.05) is 31.3 Å². The predicted octanol–water partition coefficient (Wildman–Crippen LogP) is 6.93. The van der Waals surface area contributed by atoms with E-state index in [-0.39, 0.29) is 5.78 Å². The second kappa shape index (κ2) is 10.8. The van der Waals surface area contributed by atoms with Crippen molar-refractivity contribution in [3.05, 3.63) is 109 Å². The Morgan fingerprint density at radius 3 is 2.34 bits per heavy atom. The number of Topliss-reactive ketones (excluding diaryl/α,β-unsaturated/α-hetero) is 1. The first-order chi connectivity index (χ1) is 18.3. The van der Waals surface area contributed by atoms with Crippen LogP contribution in [-0.2, 0) is 16.1 Å². The van der Waals surface area contributed by atoms with Gasteiger partial charge in [-0.25, -0.2) is 4.79 Å². The molecule has 2 aliphatic rings. The highest BCUT2D eigenvalue weighted by Gasteiger charge is 2.43. The van der Waals surface area contributed by atoms with E-state index in [1.54, 1.807) is 0 Å². The van der Waals surface area contributed by atoms with Gasteiger partial charge < -0.3 is 19.5 Å². The summed E-state index contributed by atoms with van der Waals surface area (Å²) >= 11 is 7.15. The number of esters is 1. The Kier molecular flexibility index (Phi) is 7.45. The highest BCUT2D eigenvalue weighted by atomic mass is 79.9. The number of dihydropyridines is 1. The first-order valence-electron chi connectivity index (χ1n) is 12.1. The van der Waals surface area contributed by atoms with E-state index in [1.165, 1.54) is 7.11 Å². The zero-order chi connectivity index (χ0) is 27.0. The molecule has 8 heteroatoms. The van der Waals surface area contributed by atoms with Crippen molar-refractivity contribution in [2.45, 2.75) is 26.4 Å². The molecule has 1 aliphatic heterocycles. The van der Waals surface area contributed by atoms with Crippen LogP contribution < -0.4 is 14.8 Å². The number of methoxy groups -OCH3 is 1. The molecule has 0 unspecified atom stereocenters. The van der Waals surface area contributed by atoms with Gasteiger partial charge in [-0.3, -0.25) is 4.79 Å². The molecule has 1 heterocycles. The monoisotopic (exact) mass is 637 g/mol. The van der Waals surface area contributed by atoms with Gasteiger partial charge in [-0.05, 0) is 49.2 Å². The van der Waals surface area contributed by atoms with E-state index >= 15 is 0 Å². The first kappa shape index (κ1) is 26.3. The second-order valence-electron chi connectivity index (χ2n) is 8.92. The largest absolute Gasteiger partial charge is 0.490 e. The van der Waals surface area contributed by atoms with E-state index in [4.69, 9.17) is 14.2 Å². The smallest absolute Gasteiger partial charge is 0.336 e. The van der Waals surface area contributed by atoms with E-state index in [1.807, 2.05) is 74.5 Å². The highest BCUT2D eigenvalue weighted by molar-refractivity contribution is 9.10. The number of rotatable bonds is 7. The van der Waals surface area contributed by atoms with Crippen LogP contribution in [0.5, 0.6) is 11.5 Å². The highest BCUT2D eigenvalue weighted by Crippen LogP contribution is 2.50. The van der Waals surface area contributed by atoms with Crippen molar-refractivity contribution in [1.29, 1.82) is 0 Å². The van der Waals surface area contributed by atoms with Crippen LogP contribution in [0, 0.1) is 0 Å².